The van der Waals surface area contributed by atoms with Gasteiger partial charge in [-0.15, -0.1) is 0 Å². The van der Waals surface area contributed by atoms with Crippen molar-refractivity contribution in [2.45, 2.75) is 24.6 Å². The van der Waals surface area contributed by atoms with E-state index in [2.05, 4.69) is 35.1 Å². The van der Waals surface area contributed by atoms with Crippen molar-refractivity contribution in [2.24, 2.45) is 5.92 Å². The number of rotatable bonds is 2. The maximum absolute atomic E-state index is 11.9. The van der Waals surface area contributed by atoms with Gasteiger partial charge in [0.25, 0.3) is 0 Å². The van der Waals surface area contributed by atoms with Crippen molar-refractivity contribution in [3.63, 3.8) is 0 Å². The molecule has 2 heterocycles. The van der Waals surface area contributed by atoms with E-state index in [1.54, 1.807) is 0 Å². The van der Waals surface area contributed by atoms with E-state index in [1.807, 2.05) is 36.4 Å². The number of hydrazine groups is 1. The average molecular weight is 294 g/mol. The summed E-state index contributed by atoms with van der Waals surface area (Å²) in [5.41, 5.74) is 8.86. The molecule has 112 valence electrons. The molecule has 2 fully saturated rings. The number of hydrogen-bond acceptors (Lipinski definition) is 4. The molecular formula is C18H18N2O2. The van der Waals surface area contributed by atoms with Crippen LogP contribution >= 0.6 is 0 Å². The molecule has 4 rings (SSSR count). The van der Waals surface area contributed by atoms with Gasteiger partial charge in [-0.3, -0.25) is 4.79 Å². The molecule has 4 nitrogen and oxygen atoms in total. The minimum atomic E-state index is -0.281. The molecule has 2 aliphatic rings. The Morgan fingerprint density at radius 3 is 2.18 bits per heavy atom. The molecule has 4 heteroatoms. The van der Waals surface area contributed by atoms with Crippen molar-refractivity contribution < 1.29 is 9.53 Å². The molecular weight excluding hydrogens is 276 g/mol. The third-order valence-corrected chi connectivity index (χ3v) is 4.61. The number of fused-ring (bicyclic) bond motifs is 1. The van der Waals surface area contributed by atoms with Gasteiger partial charge in [0.1, 0.15) is 0 Å². The summed E-state index contributed by atoms with van der Waals surface area (Å²) < 4.78 is 5.50. The Bertz CT molecular complexity index is 659. The Labute approximate surface area is 129 Å². The zero-order chi connectivity index (χ0) is 14.9. The zero-order valence-electron chi connectivity index (χ0n) is 12.1. The van der Waals surface area contributed by atoms with Gasteiger partial charge in [0.05, 0.1) is 12.5 Å². The summed E-state index contributed by atoms with van der Waals surface area (Å²) in [5, 5.41) is 0. The third kappa shape index (κ3) is 2.30. The molecule has 0 aromatic heterocycles. The Balaban J connectivity index is 1.72. The van der Waals surface area contributed by atoms with E-state index in [0.717, 1.165) is 0 Å². The molecule has 0 aliphatic carbocycles. The Hall–Kier alpha value is -2.17. The number of hydrogen-bond donors (Lipinski definition) is 2. The number of nitrogens with one attached hydrogen (secondary N) is 2. The second-order valence-corrected chi connectivity index (χ2v) is 5.89. The van der Waals surface area contributed by atoms with Crippen LogP contribution in [0.3, 0.4) is 0 Å². The van der Waals surface area contributed by atoms with Crippen LogP contribution in [0, 0.1) is 5.92 Å². The third-order valence-electron chi connectivity index (χ3n) is 4.61. The van der Waals surface area contributed by atoms with Gasteiger partial charge in [-0.25, -0.2) is 10.9 Å². The van der Waals surface area contributed by atoms with Crippen molar-refractivity contribution in [1.29, 1.82) is 0 Å². The van der Waals surface area contributed by atoms with Crippen molar-refractivity contribution in [2.75, 3.05) is 0 Å². The van der Waals surface area contributed by atoms with Crippen molar-refractivity contribution >= 4 is 5.97 Å². The minimum absolute atomic E-state index is 0.129. The van der Waals surface area contributed by atoms with E-state index in [0.29, 0.717) is 6.42 Å². The van der Waals surface area contributed by atoms with Crippen LogP contribution in [0.5, 0.6) is 0 Å². The summed E-state index contributed by atoms with van der Waals surface area (Å²) in [5.74, 6) is 0.195. The van der Waals surface area contributed by atoms with Gasteiger partial charge in [0.2, 0.25) is 0 Å². The lowest BCUT2D eigenvalue weighted by Crippen LogP contribution is -2.42. The maximum atomic E-state index is 11.9. The number of ether oxygens (including phenoxy) is 1. The first-order valence-electron chi connectivity index (χ1n) is 7.63. The number of esters is 1. The lowest BCUT2D eigenvalue weighted by atomic mass is 9.76. The van der Waals surface area contributed by atoms with Crippen molar-refractivity contribution in [3.05, 3.63) is 71.8 Å². The molecule has 4 atom stereocenters. The van der Waals surface area contributed by atoms with Crippen LogP contribution in [0.15, 0.2) is 60.7 Å². The van der Waals surface area contributed by atoms with Gasteiger partial charge >= 0.3 is 5.97 Å². The molecule has 0 bridgehead atoms. The Kier molecular flexibility index (Phi) is 3.41. The average Bonchev–Trinajstić information content (AvgIpc) is 2.99. The van der Waals surface area contributed by atoms with Crippen LogP contribution in [-0.4, -0.2) is 12.2 Å². The molecule has 0 spiro atoms. The summed E-state index contributed by atoms with van der Waals surface area (Å²) in [7, 11) is 0. The van der Waals surface area contributed by atoms with E-state index in [9.17, 15) is 4.79 Å². The van der Waals surface area contributed by atoms with Gasteiger partial charge in [-0.1, -0.05) is 60.7 Å². The maximum Gasteiger partial charge on any atom is 0.308 e. The van der Waals surface area contributed by atoms with Crippen LogP contribution in [0.2, 0.25) is 0 Å². The second kappa shape index (κ2) is 5.55. The number of carbonyl (C=O) groups is 1. The van der Waals surface area contributed by atoms with Crippen molar-refractivity contribution in [3.8, 4) is 0 Å². The van der Waals surface area contributed by atoms with E-state index < -0.39 is 0 Å². The van der Waals surface area contributed by atoms with Crippen LogP contribution in [0.1, 0.15) is 29.5 Å². The fraction of sp³-hybridized carbons (Fsp3) is 0.278. The normalized spacial score (nSPS) is 30.6. The highest BCUT2D eigenvalue weighted by molar-refractivity contribution is 5.72. The van der Waals surface area contributed by atoms with Gasteiger partial charge in [0.15, 0.2) is 6.23 Å². The monoisotopic (exact) mass is 294 g/mol. The van der Waals surface area contributed by atoms with Crippen LogP contribution in [0.25, 0.3) is 0 Å². The minimum Gasteiger partial charge on any atom is -0.445 e. The first-order valence-corrected chi connectivity index (χ1v) is 7.63. The topological polar surface area (TPSA) is 50.4 Å². The molecule has 2 aliphatic heterocycles. The fourth-order valence-electron chi connectivity index (χ4n) is 3.60. The lowest BCUT2D eigenvalue weighted by molar-refractivity contribution is -0.160. The van der Waals surface area contributed by atoms with Gasteiger partial charge < -0.3 is 4.74 Å². The highest BCUT2D eigenvalue weighted by Crippen LogP contribution is 2.44. The lowest BCUT2D eigenvalue weighted by Gasteiger charge is -2.35. The molecule has 2 N–H and O–H groups in total. The quantitative estimate of drug-likeness (QED) is 0.836. The SMILES string of the molecule is O=C1CC(c2ccccc2)C2C(NNC2c2ccccc2)O1. The number of benzene rings is 2. The van der Waals surface area contributed by atoms with Crippen molar-refractivity contribution in [1.82, 2.24) is 10.9 Å². The van der Waals surface area contributed by atoms with Crippen LogP contribution < -0.4 is 10.9 Å². The fourth-order valence-corrected chi connectivity index (χ4v) is 3.60. The summed E-state index contributed by atoms with van der Waals surface area (Å²) in [6, 6.07) is 20.7. The van der Waals surface area contributed by atoms with E-state index >= 15 is 0 Å². The van der Waals surface area contributed by atoms with E-state index in [1.165, 1.54) is 11.1 Å². The molecule has 22 heavy (non-hydrogen) atoms. The van der Waals surface area contributed by atoms with Crippen LogP contribution in [-0.2, 0) is 9.53 Å². The molecule has 0 amide bonds. The molecule has 0 radical (unpaired) electrons. The first kappa shape index (κ1) is 13.5. The van der Waals surface area contributed by atoms with Crippen LogP contribution in [0.4, 0.5) is 0 Å². The second-order valence-electron chi connectivity index (χ2n) is 5.89. The molecule has 2 aromatic rings. The Morgan fingerprint density at radius 1 is 0.864 bits per heavy atom. The predicted molar refractivity (Wildman–Crippen MR) is 82.6 cm³/mol. The molecule has 2 saturated heterocycles. The standard InChI is InChI=1S/C18H18N2O2/c21-15-11-14(12-7-3-1-4-8-12)16-17(19-20-18(16)22-15)13-9-5-2-6-10-13/h1-10,14,16-20H,11H2. The molecule has 4 unspecified atom stereocenters. The first-order chi connectivity index (χ1) is 10.8. The van der Waals surface area contributed by atoms with Gasteiger partial charge in [0, 0.05) is 11.8 Å². The Morgan fingerprint density at radius 2 is 1.50 bits per heavy atom. The zero-order valence-corrected chi connectivity index (χ0v) is 12.1. The summed E-state index contributed by atoms with van der Waals surface area (Å²) in [4.78, 5) is 11.9. The molecule has 0 saturated carbocycles. The summed E-state index contributed by atoms with van der Waals surface area (Å²) in [6.45, 7) is 0. The van der Waals surface area contributed by atoms with Gasteiger partial charge in [-0.05, 0) is 11.1 Å². The van der Waals surface area contributed by atoms with E-state index in [-0.39, 0.29) is 30.1 Å². The predicted octanol–water partition coefficient (Wildman–Crippen LogP) is 2.51. The summed E-state index contributed by atoms with van der Waals surface area (Å²) >= 11 is 0. The smallest absolute Gasteiger partial charge is 0.308 e. The highest BCUT2D eigenvalue weighted by atomic mass is 16.6. The summed E-state index contributed by atoms with van der Waals surface area (Å²) in [6.07, 6.45) is 0.148. The largest absolute Gasteiger partial charge is 0.445 e. The number of carbonyl (C=O) groups excluding carboxylic acids is 1. The highest BCUT2D eigenvalue weighted by Gasteiger charge is 2.48. The van der Waals surface area contributed by atoms with Gasteiger partial charge in [-0.2, -0.15) is 0 Å². The van der Waals surface area contributed by atoms with E-state index in [4.69, 9.17) is 4.74 Å². The molecule has 2 aromatic carbocycles.